The van der Waals surface area contributed by atoms with Gasteiger partial charge in [-0.15, -0.1) is 0 Å². The van der Waals surface area contributed by atoms with Gasteiger partial charge < -0.3 is 14.5 Å². The Morgan fingerprint density at radius 3 is 2.64 bits per heavy atom. The molecule has 5 rings (SSSR count). The minimum Gasteiger partial charge on any atom is -0.488 e. The fraction of sp³-hybridized carbons (Fsp3) is 0.185. The lowest BCUT2D eigenvalue weighted by Gasteiger charge is -2.35. The highest BCUT2D eigenvalue weighted by Crippen LogP contribution is 2.23. The highest BCUT2D eigenvalue weighted by molar-refractivity contribution is 6.30. The van der Waals surface area contributed by atoms with Crippen LogP contribution in [0.3, 0.4) is 0 Å². The van der Waals surface area contributed by atoms with E-state index in [1.165, 1.54) is 0 Å². The topological polar surface area (TPSA) is 102 Å². The monoisotopic (exact) mass is 499 g/mol. The van der Waals surface area contributed by atoms with Crippen molar-refractivity contribution in [3.05, 3.63) is 98.8 Å². The van der Waals surface area contributed by atoms with Gasteiger partial charge in [-0.2, -0.15) is 5.26 Å². The van der Waals surface area contributed by atoms with Crippen LogP contribution in [0.15, 0.2) is 71.5 Å². The summed E-state index contributed by atoms with van der Waals surface area (Å²) >= 11 is 6.02. The maximum absolute atomic E-state index is 13.1. The van der Waals surface area contributed by atoms with Crippen LogP contribution in [0.4, 0.5) is 5.95 Å². The minimum atomic E-state index is -0.184. The fourth-order valence-electron chi connectivity index (χ4n) is 4.19. The van der Waals surface area contributed by atoms with Crippen LogP contribution in [0, 0.1) is 11.3 Å². The summed E-state index contributed by atoms with van der Waals surface area (Å²) in [6.07, 6.45) is 0. The van der Waals surface area contributed by atoms with Gasteiger partial charge in [0.25, 0.3) is 11.5 Å². The number of ether oxygens (including phenoxy) is 1. The number of aromatic nitrogens is 2. The summed E-state index contributed by atoms with van der Waals surface area (Å²) in [6, 6.07) is 21.5. The second-order valence-corrected chi connectivity index (χ2v) is 8.86. The molecule has 1 N–H and O–H groups in total. The number of nitrogens with one attached hydrogen (secondary N) is 1. The lowest BCUT2D eigenvalue weighted by molar-refractivity contribution is 0.0746. The van der Waals surface area contributed by atoms with Crippen LogP contribution < -0.4 is 15.2 Å². The van der Waals surface area contributed by atoms with Gasteiger partial charge in [-0.25, -0.2) is 4.98 Å². The number of benzene rings is 3. The maximum Gasteiger partial charge on any atom is 0.260 e. The Labute approximate surface area is 212 Å². The standard InChI is InChI=1S/C27H22ClN5O3/c28-21-5-3-4-18(14-21)17-36-24-9-8-19(15-20(24)16-29)26(35)32-10-12-33(13-11-32)27-30-23-7-2-1-6-22(23)25(34)31-27/h1-9,14-15H,10-13,17H2,(H,30,31,34). The number of aromatic amines is 1. The molecule has 1 saturated heterocycles. The minimum absolute atomic E-state index is 0.160. The average Bonchev–Trinajstić information content (AvgIpc) is 2.91. The summed E-state index contributed by atoms with van der Waals surface area (Å²) in [5.74, 6) is 0.747. The van der Waals surface area contributed by atoms with Crippen molar-refractivity contribution < 1.29 is 9.53 Å². The van der Waals surface area contributed by atoms with Crippen molar-refractivity contribution in [1.29, 1.82) is 5.26 Å². The van der Waals surface area contributed by atoms with Gasteiger partial charge in [0.05, 0.1) is 16.5 Å². The van der Waals surface area contributed by atoms with E-state index in [4.69, 9.17) is 16.3 Å². The number of rotatable bonds is 5. The number of carbonyl (C=O) groups is 1. The molecule has 1 amide bonds. The summed E-state index contributed by atoms with van der Waals surface area (Å²) in [5, 5.41) is 10.8. The van der Waals surface area contributed by atoms with E-state index >= 15 is 0 Å². The normalized spacial score (nSPS) is 13.4. The van der Waals surface area contributed by atoms with Gasteiger partial charge in [0, 0.05) is 36.8 Å². The summed E-state index contributed by atoms with van der Waals surface area (Å²) < 4.78 is 5.80. The Bertz CT molecular complexity index is 1540. The smallest absolute Gasteiger partial charge is 0.260 e. The van der Waals surface area contributed by atoms with Crippen LogP contribution >= 0.6 is 11.6 Å². The molecule has 3 aromatic carbocycles. The molecule has 8 nitrogen and oxygen atoms in total. The summed E-state index contributed by atoms with van der Waals surface area (Å²) in [4.78, 5) is 36.7. The van der Waals surface area contributed by atoms with E-state index in [0.717, 1.165) is 5.56 Å². The number of nitrogens with zero attached hydrogens (tertiary/aromatic N) is 4. The lowest BCUT2D eigenvalue weighted by Crippen LogP contribution is -2.49. The Kier molecular flexibility index (Phi) is 6.56. The molecule has 4 aromatic rings. The van der Waals surface area contributed by atoms with Crippen LogP contribution in [-0.2, 0) is 6.61 Å². The summed E-state index contributed by atoms with van der Waals surface area (Å²) in [7, 11) is 0. The van der Waals surface area contributed by atoms with Crippen LogP contribution in [0.5, 0.6) is 5.75 Å². The van der Waals surface area contributed by atoms with E-state index in [9.17, 15) is 14.9 Å². The van der Waals surface area contributed by atoms with E-state index in [0.29, 0.717) is 64.9 Å². The molecule has 0 atom stereocenters. The van der Waals surface area contributed by atoms with Crippen molar-refractivity contribution in [2.75, 3.05) is 31.1 Å². The second kappa shape index (κ2) is 10.1. The van der Waals surface area contributed by atoms with Gasteiger partial charge in [-0.05, 0) is 48.0 Å². The molecular weight excluding hydrogens is 478 g/mol. The summed E-state index contributed by atoms with van der Waals surface area (Å²) in [6.45, 7) is 2.24. The van der Waals surface area contributed by atoms with E-state index in [1.807, 2.05) is 29.2 Å². The number of nitriles is 1. The molecule has 1 aliphatic rings. The van der Waals surface area contributed by atoms with Gasteiger partial charge in [0.1, 0.15) is 18.4 Å². The molecule has 1 aromatic heterocycles. The number of para-hydroxylation sites is 1. The van der Waals surface area contributed by atoms with Gasteiger partial charge >= 0.3 is 0 Å². The number of carbonyl (C=O) groups excluding carboxylic acids is 1. The molecule has 0 radical (unpaired) electrons. The van der Waals surface area contributed by atoms with Crippen molar-refractivity contribution in [2.45, 2.75) is 6.61 Å². The van der Waals surface area contributed by atoms with Crippen LogP contribution in [0.1, 0.15) is 21.5 Å². The van der Waals surface area contributed by atoms with Crippen molar-refractivity contribution >= 4 is 34.4 Å². The number of fused-ring (bicyclic) bond motifs is 1. The van der Waals surface area contributed by atoms with E-state index in [-0.39, 0.29) is 18.1 Å². The Morgan fingerprint density at radius 2 is 1.86 bits per heavy atom. The van der Waals surface area contributed by atoms with Crippen molar-refractivity contribution in [1.82, 2.24) is 14.9 Å². The quantitative estimate of drug-likeness (QED) is 0.445. The molecule has 0 unspecified atom stereocenters. The fourth-order valence-corrected chi connectivity index (χ4v) is 4.40. The molecule has 1 fully saturated rings. The molecule has 0 aliphatic carbocycles. The van der Waals surface area contributed by atoms with E-state index < -0.39 is 0 Å². The van der Waals surface area contributed by atoms with Crippen LogP contribution in [0.25, 0.3) is 10.9 Å². The molecule has 2 heterocycles. The third-order valence-electron chi connectivity index (χ3n) is 6.10. The molecule has 9 heteroatoms. The molecule has 1 aliphatic heterocycles. The second-order valence-electron chi connectivity index (χ2n) is 8.43. The number of H-pyrrole nitrogens is 1. The lowest BCUT2D eigenvalue weighted by atomic mass is 10.1. The zero-order valence-corrected chi connectivity index (χ0v) is 20.0. The Balaban J connectivity index is 1.25. The van der Waals surface area contributed by atoms with Crippen molar-refractivity contribution in [3.63, 3.8) is 0 Å². The number of hydrogen-bond donors (Lipinski definition) is 1. The highest BCUT2D eigenvalue weighted by Gasteiger charge is 2.24. The number of amides is 1. The molecule has 0 saturated carbocycles. The SMILES string of the molecule is N#Cc1cc(C(=O)N2CCN(c3nc4ccccc4c(=O)[nH]3)CC2)ccc1OCc1cccc(Cl)c1. The van der Waals surface area contributed by atoms with Gasteiger partial charge in [0.2, 0.25) is 5.95 Å². The number of anilines is 1. The first-order valence-corrected chi connectivity index (χ1v) is 11.8. The third-order valence-corrected chi connectivity index (χ3v) is 6.33. The molecule has 0 spiro atoms. The van der Waals surface area contributed by atoms with Gasteiger partial charge in [-0.1, -0.05) is 35.9 Å². The van der Waals surface area contributed by atoms with Crippen molar-refractivity contribution in [2.24, 2.45) is 0 Å². The first kappa shape index (κ1) is 23.4. The molecule has 180 valence electrons. The van der Waals surface area contributed by atoms with Gasteiger partial charge in [-0.3, -0.25) is 14.6 Å². The average molecular weight is 500 g/mol. The Hall–Kier alpha value is -4.35. The van der Waals surface area contributed by atoms with Crippen LogP contribution in [0.2, 0.25) is 5.02 Å². The molecule has 36 heavy (non-hydrogen) atoms. The molecule has 0 bridgehead atoms. The first-order chi connectivity index (χ1) is 17.5. The molecular formula is C27H22ClN5O3. The number of hydrogen-bond acceptors (Lipinski definition) is 6. The van der Waals surface area contributed by atoms with Crippen molar-refractivity contribution in [3.8, 4) is 11.8 Å². The van der Waals surface area contributed by atoms with E-state index in [2.05, 4.69) is 16.0 Å². The highest BCUT2D eigenvalue weighted by atomic mass is 35.5. The van der Waals surface area contributed by atoms with E-state index in [1.54, 1.807) is 47.4 Å². The zero-order valence-electron chi connectivity index (χ0n) is 19.3. The third kappa shape index (κ3) is 4.88. The maximum atomic E-state index is 13.1. The summed E-state index contributed by atoms with van der Waals surface area (Å²) in [5.41, 5.74) is 2.05. The number of halogens is 1. The van der Waals surface area contributed by atoms with Gasteiger partial charge in [0.15, 0.2) is 0 Å². The van der Waals surface area contributed by atoms with Crippen LogP contribution in [-0.4, -0.2) is 47.0 Å². The predicted octanol–water partition coefficient (Wildman–Crippen LogP) is 3.99. The largest absolute Gasteiger partial charge is 0.488 e. The first-order valence-electron chi connectivity index (χ1n) is 11.5. The number of piperazine rings is 1. The predicted molar refractivity (Wildman–Crippen MR) is 137 cm³/mol. The zero-order chi connectivity index (χ0) is 25.1. The Morgan fingerprint density at radius 1 is 1.06 bits per heavy atom.